The molecule has 1 saturated carbocycles. The molecular formula is C17H33F3IN3O2. The third-order valence-electron chi connectivity index (χ3n) is 3.88. The smallest absolute Gasteiger partial charge is 0.376 e. The van der Waals surface area contributed by atoms with Crippen molar-refractivity contribution in [1.29, 1.82) is 0 Å². The Hall–Kier alpha value is -0.290. The highest BCUT2D eigenvalue weighted by Crippen LogP contribution is 2.19. The number of nitrogens with one attached hydrogen (secondary N) is 2. The number of guanidine groups is 1. The molecule has 0 aliphatic heterocycles. The predicted molar refractivity (Wildman–Crippen MR) is 108 cm³/mol. The van der Waals surface area contributed by atoms with Gasteiger partial charge >= 0.3 is 6.18 Å². The van der Waals surface area contributed by atoms with E-state index in [0.717, 1.165) is 19.4 Å². The number of rotatable bonds is 10. The molecule has 1 rings (SSSR count). The van der Waals surface area contributed by atoms with Gasteiger partial charge in [0, 0.05) is 26.2 Å². The summed E-state index contributed by atoms with van der Waals surface area (Å²) >= 11 is 0. The number of halogens is 4. The number of nitrogens with zero attached hydrogens (tertiary/aromatic N) is 1. The second-order valence-corrected chi connectivity index (χ2v) is 6.19. The molecule has 0 saturated heterocycles. The maximum absolute atomic E-state index is 11.9. The lowest BCUT2D eigenvalue weighted by Gasteiger charge is -2.16. The zero-order valence-corrected chi connectivity index (χ0v) is 17.9. The van der Waals surface area contributed by atoms with Crippen molar-refractivity contribution in [3.05, 3.63) is 0 Å². The molecule has 1 aliphatic carbocycles. The Balaban J connectivity index is 0.00000625. The van der Waals surface area contributed by atoms with Gasteiger partial charge in [0.15, 0.2) is 5.96 Å². The van der Waals surface area contributed by atoms with Crippen LogP contribution < -0.4 is 10.6 Å². The third kappa shape index (κ3) is 14.8. The van der Waals surface area contributed by atoms with Gasteiger partial charge < -0.3 is 20.1 Å². The minimum absolute atomic E-state index is 0. The van der Waals surface area contributed by atoms with E-state index in [4.69, 9.17) is 4.74 Å². The van der Waals surface area contributed by atoms with E-state index in [0.29, 0.717) is 38.2 Å². The minimum Gasteiger partial charge on any atom is -0.376 e. The first-order valence-corrected chi connectivity index (χ1v) is 9.29. The molecule has 0 aromatic carbocycles. The number of ether oxygens (including phenoxy) is 2. The molecule has 2 N–H and O–H groups in total. The summed E-state index contributed by atoms with van der Waals surface area (Å²) in [6, 6.07) is 0. The Morgan fingerprint density at radius 1 is 1.08 bits per heavy atom. The van der Waals surface area contributed by atoms with Crippen molar-refractivity contribution in [2.45, 2.75) is 64.1 Å². The SMILES string of the molecule is CCNC(=NCCCOCC(F)(F)F)NCCOC1CCCCCC1.I. The van der Waals surface area contributed by atoms with E-state index in [2.05, 4.69) is 20.4 Å². The van der Waals surface area contributed by atoms with Gasteiger partial charge in [-0.1, -0.05) is 25.7 Å². The molecule has 0 radical (unpaired) electrons. The van der Waals surface area contributed by atoms with E-state index in [1.807, 2.05) is 6.92 Å². The average Bonchev–Trinajstić information content (AvgIpc) is 2.82. The van der Waals surface area contributed by atoms with Crippen LogP contribution in [0.3, 0.4) is 0 Å². The van der Waals surface area contributed by atoms with Crippen molar-refractivity contribution in [1.82, 2.24) is 10.6 Å². The van der Waals surface area contributed by atoms with Gasteiger partial charge in [-0.05, 0) is 26.2 Å². The summed E-state index contributed by atoms with van der Waals surface area (Å²) in [7, 11) is 0. The van der Waals surface area contributed by atoms with Crippen LogP contribution in [0.5, 0.6) is 0 Å². The lowest BCUT2D eigenvalue weighted by Crippen LogP contribution is -2.39. The summed E-state index contributed by atoms with van der Waals surface area (Å²) < 4.78 is 46.3. The normalized spacial score (nSPS) is 16.7. The van der Waals surface area contributed by atoms with Crippen molar-refractivity contribution in [2.24, 2.45) is 4.99 Å². The number of hydrogen-bond donors (Lipinski definition) is 2. The molecule has 1 aliphatic rings. The van der Waals surface area contributed by atoms with Crippen LogP contribution in [0.1, 0.15) is 51.9 Å². The topological polar surface area (TPSA) is 54.9 Å². The van der Waals surface area contributed by atoms with Crippen molar-refractivity contribution in [3.63, 3.8) is 0 Å². The van der Waals surface area contributed by atoms with Gasteiger partial charge in [0.1, 0.15) is 6.61 Å². The summed E-state index contributed by atoms with van der Waals surface area (Å²) in [6.45, 7) is 3.24. The minimum atomic E-state index is -4.27. The van der Waals surface area contributed by atoms with Crippen molar-refractivity contribution < 1.29 is 22.6 Å². The molecule has 26 heavy (non-hydrogen) atoms. The zero-order chi connectivity index (χ0) is 18.4. The van der Waals surface area contributed by atoms with Crippen LogP contribution >= 0.6 is 24.0 Å². The molecule has 1 fully saturated rings. The second kappa shape index (κ2) is 15.7. The van der Waals surface area contributed by atoms with Gasteiger partial charge in [-0.25, -0.2) is 0 Å². The van der Waals surface area contributed by atoms with Crippen LogP contribution in [0, 0.1) is 0 Å². The summed E-state index contributed by atoms with van der Waals surface area (Å²) in [5, 5.41) is 6.29. The average molecular weight is 495 g/mol. The Kier molecular flexibility index (Phi) is 15.6. The first-order valence-electron chi connectivity index (χ1n) is 9.29. The van der Waals surface area contributed by atoms with Crippen molar-refractivity contribution in [2.75, 3.05) is 39.5 Å². The molecule has 0 aromatic heterocycles. The molecule has 0 aromatic rings. The summed E-state index contributed by atoms with van der Waals surface area (Å²) in [5.74, 6) is 0.655. The van der Waals surface area contributed by atoms with Crippen LogP contribution in [0.15, 0.2) is 4.99 Å². The molecular weight excluding hydrogens is 462 g/mol. The highest BCUT2D eigenvalue weighted by atomic mass is 127. The second-order valence-electron chi connectivity index (χ2n) is 6.19. The molecule has 5 nitrogen and oxygen atoms in total. The van der Waals surface area contributed by atoms with Crippen LogP contribution in [-0.4, -0.2) is 57.7 Å². The third-order valence-corrected chi connectivity index (χ3v) is 3.88. The zero-order valence-electron chi connectivity index (χ0n) is 15.6. The molecule has 0 amide bonds. The van der Waals surface area contributed by atoms with Gasteiger partial charge in [-0.15, -0.1) is 24.0 Å². The maximum Gasteiger partial charge on any atom is 0.411 e. The van der Waals surface area contributed by atoms with Gasteiger partial charge in [0.05, 0.1) is 12.7 Å². The first kappa shape index (κ1) is 25.7. The number of alkyl halides is 3. The Morgan fingerprint density at radius 2 is 1.77 bits per heavy atom. The van der Waals surface area contributed by atoms with E-state index >= 15 is 0 Å². The van der Waals surface area contributed by atoms with Crippen LogP contribution in [0.4, 0.5) is 13.2 Å². The van der Waals surface area contributed by atoms with E-state index in [9.17, 15) is 13.2 Å². The van der Waals surface area contributed by atoms with E-state index in [-0.39, 0.29) is 30.6 Å². The Bertz CT molecular complexity index is 364. The van der Waals surface area contributed by atoms with Gasteiger partial charge in [0.25, 0.3) is 0 Å². The summed E-state index contributed by atoms with van der Waals surface area (Å²) in [5.41, 5.74) is 0. The maximum atomic E-state index is 11.9. The van der Waals surface area contributed by atoms with Gasteiger partial charge in [-0.3, -0.25) is 4.99 Å². The molecule has 0 spiro atoms. The molecule has 0 bridgehead atoms. The number of hydrogen-bond acceptors (Lipinski definition) is 3. The van der Waals surface area contributed by atoms with E-state index in [1.165, 1.54) is 25.7 Å². The van der Waals surface area contributed by atoms with E-state index < -0.39 is 12.8 Å². The fraction of sp³-hybridized carbons (Fsp3) is 0.941. The predicted octanol–water partition coefficient (Wildman–Crippen LogP) is 3.87. The highest BCUT2D eigenvalue weighted by molar-refractivity contribution is 14.0. The Labute approximate surface area is 171 Å². The quantitative estimate of drug-likeness (QED) is 0.159. The Morgan fingerprint density at radius 3 is 2.38 bits per heavy atom. The summed E-state index contributed by atoms with van der Waals surface area (Å²) in [4.78, 5) is 4.32. The molecule has 0 atom stereocenters. The van der Waals surface area contributed by atoms with Crippen molar-refractivity contribution >= 4 is 29.9 Å². The van der Waals surface area contributed by atoms with Crippen LogP contribution in [-0.2, 0) is 9.47 Å². The van der Waals surface area contributed by atoms with E-state index in [1.54, 1.807) is 0 Å². The molecule has 0 unspecified atom stereocenters. The van der Waals surface area contributed by atoms with Crippen molar-refractivity contribution in [3.8, 4) is 0 Å². The highest BCUT2D eigenvalue weighted by Gasteiger charge is 2.27. The standard InChI is InChI=1S/C17H32F3N3O2.HI/c1-2-21-16(22-10-7-12-24-14-17(18,19)20)23-11-13-25-15-8-5-3-4-6-9-15;/h15H,2-14H2,1H3,(H2,21,22,23);1H. The lowest BCUT2D eigenvalue weighted by molar-refractivity contribution is -0.173. The molecule has 156 valence electrons. The van der Waals surface area contributed by atoms with Crippen LogP contribution in [0.25, 0.3) is 0 Å². The molecule has 9 heteroatoms. The molecule has 0 heterocycles. The largest absolute Gasteiger partial charge is 0.411 e. The van der Waals surface area contributed by atoms with Gasteiger partial charge in [-0.2, -0.15) is 13.2 Å². The fourth-order valence-corrected chi connectivity index (χ4v) is 2.69. The first-order chi connectivity index (χ1) is 12.0. The monoisotopic (exact) mass is 495 g/mol. The fourth-order valence-electron chi connectivity index (χ4n) is 2.69. The summed E-state index contributed by atoms with van der Waals surface area (Å²) in [6.07, 6.45) is 3.96. The van der Waals surface area contributed by atoms with Crippen LogP contribution in [0.2, 0.25) is 0 Å². The number of aliphatic imine (C=N–C) groups is 1. The van der Waals surface area contributed by atoms with Gasteiger partial charge in [0.2, 0.25) is 0 Å². The lowest BCUT2D eigenvalue weighted by atomic mass is 10.1.